The summed E-state index contributed by atoms with van der Waals surface area (Å²) in [5, 5.41) is 5.49. The Labute approximate surface area is 159 Å². The number of benzene rings is 2. The van der Waals surface area contributed by atoms with E-state index in [4.69, 9.17) is 16.3 Å². The van der Waals surface area contributed by atoms with Crippen LogP contribution in [0.15, 0.2) is 48.5 Å². The van der Waals surface area contributed by atoms with Gasteiger partial charge in [0.25, 0.3) is 0 Å². The van der Waals surface area contributed by atoms with Gasteiger partial charge in [-0.05, 0) is 50.8 Å². The lowest BCUT2D eigenvalue weighted by Gasteiger charge is -2.25. The van der Waals surface area contributed by atoms with Gasteiger partial charge in [-0.25, -0.2) is 4.98 Å². The molecule has 0 unspecified atom stereocenters. The van der Waals surface area contributed by atoms with Crippen molar-refractivity contribution in [2.45, 2.75) is 13.0 Å². The summed E-state index contributed by atoms with van der Waals surface area (Å²) in [4.78, 5) is 6.84. The average molecular weight is 370 g/mol. The van der Waals surface area contributed by atoms with Gasteiger partial charge >= 0.3 is 0 Å². The Hall–Kier alpha value is -2.30. The van der Waals surface area contributed by atoms with E-state index in [2.05, 4.69) is 53.6 Å². The molecule has 4 nitrogen and oxygen atoms in total. The Morgan fingerprint density at radius 2 is 1.88 bits per heavy atom. The first-order valence-electron chi connectivity index (χ1n) is 8.59. The van der Waals surface area contributed by atoms with Crippen LogP contribution in [0, 0.1) is 6.92 Å². The minimum Gasteiger partial charge on any atom is -0.494 e. The number of likely N-dealkylation sites (N-methyl/N-ethyl adjacent to an activating group) is 1. The van der Waals surface area contributed by atoms with E-state index in [1.165, 1.54) is 5.56 Å². The van der Waals surface area contributed by atoms with Crippen LogP contribution < -0.4 is 10.1 Å². The quantitative estimate of drug-likeness (QED) is 0.669. The maximum Gasteiger partial charge on any atom is 0.145 e. The van der Waals surface area contributed by atoms with E-state index >= 15 is 0 Å². The Bertz CT molecular complexity index is 894. The van der Waals surface area contributed by atoms with Gasteiger partial charge < -0.3 is 15.0 Å². The van der Waals surface area contributed by atoms with Crippen molar-refractivity contribution in [2.75, 3.05) is 33.1 Å². The molecule has 0 saturated carbocycles. The number of ether oxygens (including phenoxy) is 1. The van der Waals surface area contributed by atoms with E-state index in [-0.39, 0.29) is 6.04 Å². The molecule has 1 N–H and O–H groups in total. The maximum atomic E-state index is 6.06. The Morgan fingerprint density at radius 3 is 2.54 bits per heavy atom. The lowest BCUT2D eigenvalue weighted by atomic mass is 10.0. The topological polar surface area (TPSA) is 37.4 Å². The molecule has 0 saturated heterocycles. The Balaban J connectivity index is 2.04. The van der Waals surface area contributed by atoms with Gasteiger partial charge in [0.15, 0.2) is 0 Å². The molecule has 26 heavy (non-hydrogen) atoms. The van der Waals surface area contributed by atoms with Gasteiger partial charge in [-0.3, -0.25) is 0 Å². The summed E-state index contributed by atoms with van der Waals surface area (Å²) in [6, 6.07) is 16.2. The fraction of sp³-hybridized carbons (Fsp3) is 0.286. The first-order valence-corrected chi connectivity index (χ1v) is 8.97. The van der Waals surface area contributed by atoms with Crippen molar-refractivity contribution >= 4 is 28.2 Å². The summed E-state index contributed by atoms with van der Waals surface area (Å²) < 4.78 is 5.49. The number of para-hydroxylation sites is 1. The predicted molar refractivity (Wildman–Crippen MR) is 109 cm³/mol. The van der Waals surface area contributed by atoms with E-state index in [0.717, 1.165) is 39.6 Å². The van der Waals surface area contributed by atoms with Crippen LogP contribution in [0.5, 0.6) is 5.75 Å². The van der Waals surface area contributed by atoms with Crippen molar-refractivity contribution in [3.8, 4) is 5.75 Å². The van der Waals surface area contributed by atoms with Gasteiger partial charge in [0.05, 0.1) is 13.2 Å². The number of hydrogen-bond donors (Lipinski definition) is 1. The second-order valence-electron chi connectivity index (χ2n) is 6.68. The number of aryl methyl sites for hydroxylation is 1. The van der Waals surface area contributed by atoms with Crippen LogP contribution in [-0.2, 0) is 0 Å². The maximum absolute atomic E-state index is 6.06. The number of rotatable bonds is 6. The molecule has 5 heteroatoms. The highest BCUT2D eigenvalue weighted by Crippen LogP contribution is 2.32. The number of aromatic nitrogens is 1. The molecular weight excluding hydrogens is 346 g/mol. The predicted octanol–water partition coefficient (Wildman–Crippen LogP) is 4.92. The van der Waals surface area contributed by atoms with Crippen LogP contribution in [-0.4, -0.2) is 37.6 Å². The Kier molecular flexibility index (Phi) is 5.64. The standard InChI is InChI=1S/C21H24ClN3O/c1-14-12-18(17-6-5-7-20(26-4)21(17)23-14)24-19(13-25(2)3)15-8-10-16(22)11-9-15/h5-12,19H,13H2,1-4H3,(H,23,24)/t19-/m0/s1. The summed E-state index contributed by atoms with van der Waals surface area (Å²) in [6.45, 7) is 2.86. The van der Waals surface area contributed by atoms with Crippen molar-refractivity contribution in [1.82, 2.24) is 9.88 Å². The summed E-state index contributed by atoms with van der Waals surface area (Å²) in [6.07, 6.45) is 0. The normalized spacial score (nSPS) is 12.4. The molecule has 0 bridgehead atoms. The zero-order valence-electron chi connectivity index (χ0n) is 15.6. The monoisotopic (exact) mass is 369 g/mol. The SMILES string of the molecule is COc1cccc2c(N[C@@H](CN(C)C)c3ccc(Cl)cc3)cc(C)nc12. The van der Waals surface area contributed by atoms with Gasteiger partial charge in [-0.15, -0.1) is 0 Å². The van der Waals surface area contributed by atoms with Gasteiger partial charge in [0, 0.05) is 28.3 Å². The van der Waals surface area contributed by atoms with Crippen molar-refractivity contribution in [2.24, 2.45) is 0 Å². The van der Waals surface area contributed by atoms with Crippen LogP contribution in [0.4, 0.5) is 5.69 Å². The number of nitrogens with one attached hydrogen (secondary N) is 1. The van der Waals surface area contributed by atoms with Gasteiger partial charge in [-0.2, -0.15) is 0 Å². The average Bonchev–Trinajstić information content (AvgIpc) is 2.61. The smallest absolute Gasteiger partial charge is 0.145 e. The third kappa shape index (κ3) is 4.09. The molecule has 0 radical (unpaired) electrons. The molecule has 3 rings (SSSR count). The second kappa shape index (κ2) is 7.94. The molecule has 0 aliphatic rings. The molecular formula is C21H24ClN3O. The molecule has 0 aliphatic carbocycles. The van der Waals surface area contributed by atoms with E-state index in [0.29, 0.717) is 0 Å². The molecule has 1 atom stereocenters. The molecule has 0 amide bonds. The molecule has 0 spiro atoms. The van der Waals surface area contributed by atoms with E-state index < -0.39 is 0 Å². The van der Waals surface area contributed by atoms with Gasteiger partial charge in [-0.1, -0.05) is 35.9 Å². The molecule has 136 valence electrons. The van der Waals surface area contributed by atoms with Crippen LogP contribution in [0.2, 0.25) is 5.02 Å². The first kappa shape index (κ1) is 18.5. The summed E-state index contributed by atoms with van der Waals surface area (Å²) in [5.41, 5.74) is 4.06. The van der Waals surface area contributed by atoms with E-state index in [9.17, 15) is 0 Å². The van der Waals surface area contributed by atoms with Gasteiger partial charge in [0.2, 0.25) is 0 Å². The largest absolute Gasteiger partial charge is 0.494 e. The highest BCUT2D eigenvalue weighted by molar-refractivity contribution is 6.30. The minimum absolute atomic E-state index is 0.124. The van der Waals surface area contributed by atoms with Crippen molar-refractivity contribution in [1.29, 1.82) is 0 Å². The molecule has 1 heterocycles. The summed E-state index contributed by atoms with van der Waals surface area (Å²) >= 11 is 6.06. The van der Waals surface area contributed by atoms with E-state index in [1.807, 2.05) is 31.2 Å². The molecule has 0 fully saturated rings. The lowest BCUT2D eigenvalue weighted by Crippen LogP contribution is -2.25. The summed E-state index contributed by atoms with van der Waals surface area (Å²) in [5.74, 6) is 0.782. The van der Waals surface area contributed by atoms with Gasteiger partial charge in [0.1, 0.15) is 11.3 Å². The number of nitrogens with zero attached hydrogens (tertiary/aromatic N) is 2. The number of methoxy groups -OCH3 is 1. The zero-order valence-corrected chi connectivity index (χ0v) is 16.3. The first-order chi connectivity index (χ1) is 12.5. The molecule has 2 aromatic carbocycles. The number of hydrogen-bond acceptors (Lipinski definition) is 4. The molecule has 1 aromatic heterocycles. The highest BCUT2D eigenvalue weighted by atomic mass is 35.5. The third-order valence-electron chi connectivity index (χ3n) is 4.30. The minimum atomic E-state index is 0.124. The van der Waals surface area contributed by atoms with Crippen molar-refractivity contribution in [3.05, 3.63) is 64.8 Å². The summed E-state index contributed by atoms with van der Waals surface area (Å²) in [7, 11) is 5.82. The van der Waals surface area contributed by atoms with Crippen LogP contribution >= 0.6 is 11.6 Å². The van der Waals surface area contributed by atoms with Crippen LogP contribution in [0.1, 0.15) is 17.3 Å². The number of anilines is 1. The fourth-order valence-corrected chi connectivity index (χ4v) is 3.24. The number of halogens is 1. The fourth-order valence-electron chi connectivity index (χ4n) is 3.12. The lowest BCUT2D eigenvalue weighted by molar-refractivity contribution is 0.387. The third-order valence-corrected chi connectivity index (χ3v) is 4.55. The number of pyridine rings is 1. The highest BCUT2D eigenvalue weighted by Gasteiger charge is 2.16. The number of fused-ring (bicyclic) bond motifs is 1. The van der Waals surface area contributed by atoms with Crippen LogP contribution in [0.25, 0.3) is 10.9 Å². The zero-order chi connectivity index (χ0) is 18.7. The molecule has 3 aromatic rings. The van der Waals surface area contributed by atoms with Crippen LogP contribution in [0.3, 0.4) is 0 Å². The van der Waals surface area contributed by atoms with E-state index in [1.54, 1.807) is 7.11 Å². The second-order valence-corrected chi connectivity index (χ2v) is 7.11. The molecule has 0 aliphatic heterocycles. The Morgan fingerprint density at radius 1 is 1.15 bits per heavy atom. The van der Waals surface area contributed by atoms with Crippen molar-refractivity contribution < 1.29 is 4.74 Å². The van der Waals surface area contributed by atoms with Crippen molar-refractivity contribution in [3.63, 3.8) is 0 Å².